The van der Waals surface area contributed by atoms with Crippen LogP contribution in [-0.4, -0.2) is 12.3 Å². The minimum atomic E-state index is -0.285. The second-order valence-electron chi connectivity index (χ2n) is 3.49. The van der Waals surface area contributed by atoms with Crippen LogP contribution in [0.4, 0.5) is 4.39 Å². The van der Waals surface area contributed by atoms with E-state index in [0.29, 0.717) is 12.4 Å². The van der Waals surface area contributed by atoms with Gasteiger partial charge in [-0.2, -0.15) is 0 Å². The molecule has 0 radical (unpaired) electrons. The Labute approximate surface area is 88.1 Å². The maximum Gasteiger partial charge on any atom is 0.130 e. The van der Waals surface area contributed by atoms with Gasteiger partial charge in [-0.15, -0.1) is 0 Å². The van der Waals surface area contributed by atoms with Crippen LogP contribution in [0.25, 0.3) is 0 Å². The van der Waals surface area contributed by atoms with E-state index in [1.54, 1.807) is 12.1 Å². The van der Waals surface area contributed by atoms with Gasteiger partial charge in [0.2, 0.25) is 0 Å². The molecule has 1 aromatic rings. The van der Waals surface area contributed by atoms with E-state index < -0.39 is 0 Å². The lowest BCUT2D eigenvalue weighted by Crippen LogP contribution is -1.98. The molecule has 0 N–H and O–H groups in total. The Morgan fingerprint density at radius 2 is 2.33 bits per heavy atom. The molecule has 0 saturated carbocycles. The zero-order chi connectivity index (χ0) is 10.7. The number of halogens is 1. The molecule has 1 heterocycles. The molecule has 0 spiro atoms. The normalized spacial score (nSPS) is 14.8. The standard InChI is InChI=1S/C12H12FNO/c1-9-5-6-11(14-9)8-15-12-4-2-3-10(13)7-12/h2-4,6-7H,5,8H2,1H3. The van der Waals surface area contributed by atoms with Crippen LogP contribution in [0.15, 0.2) is 41.0 Å². The van der Waals surface area contributed by atoms with Crippen LogP contribution >= 0.6 is 0 Å². The average Bonchev–Trinajstić information content (AvgIpc) is 2.62. The lowest BCUT2D eigenvalue weighted by molar-refractivity contribution is 0.349. The molecule has 0 fully saturated rings. The maximum absolute atomic E-state index is 12.8. The third-order valence-electron chi connectivity index (χ3n) is 2.15. The molecule has 0 bridgehead atoms. The Morgan fingerprint density at radius 1 is 1.47 bits per heavy atom. The monoisotopic (exact) mass is 205 g/mol. The summed E-state index contributed by atoms with van der Waals surface area (Å²) in [6.45, 7) is 2.38. The summed E-state index contributed by atoms with van der Waals surface area (Å²) in [4.78, 5) is 4.28. The predicted molar refractivity (Wildman–Crippen MR) is 57.7 cm³/mol. The highest BCUT2D eigenvalue weighted by atomic mass is 19.1. The van der Waals surface area contributed by atoms with Gasteiger partial charge in [0.1, 0.15) is 18.2 Å². The molecule has 78 valence electrons. The SMILES string of the molecule is CC1=NC(COc2cccc(F)c2)=CC1. The van der Waals surface area contributed by atoms with Gasteiger partial charge in [-0.1, -0.05) is 12.1 Å². The number of nitrogens with zero attached hydrogens (tertiary/aromatic N) is 1. The fraction of sp³-hybridized carbons (Fsp3) is 0.250. The van der Waals surface area contributed by atoms with Crippen LogP contribution < -0.4 is 4.74 Å². The van der Waals surface area contributed by atoms with E-state index in [1.807, 2.05) is 13.0 Å². The van der Waals surface area contributed by atoms with E-state index in [-0.39, 0.29) is 5.82 Å². The Kier molecular flexibility index (Phi) is 2.81. The van der Waals surface area contributed by atoms with Crippen molar-refractivity contribution in [1.82, 2.24) is 0 Å². The molecule has 3 heteroatoms. The first-order chi connectivity index (χ1) is 7.24. The molecule has 2 nitrogen and oxygen atoms in total. The highest BCUT2D eigenvalue weighted by Gasteiger charge is 2.05. The Balaban J connectivity index is 1.94. The Hall–Kier alpha value is -1.64. The van der Waals surface area contributed by atoms with Crippen LogP contribution in [0.3, 0.4) is 0 Å². The van der Waals surface area contributed by atoms with Gasteiger partial charge in [0.25, 0.3) is 0 Å². The fourth-order valence-corrected chi connectivity index (χ4v) is 1.41. The highest BCUT2D eigenvalue weighted by Crippen LogP contribution is 2.15. The van der Waals surface area contributed by atoms with Gasteiger partial charge in [-0.05, 0) is 19.1 Å². The van der Waals surface area contributed by atoms with Crippen molar-refractivity contribution in [2.75, 3.05) is 6.61 Å². The van der Waals surface area contributed by atoms with Gasteiger partial charge < -0.3 is 4.74 Å². The lowest BCUT2D eigenvalue weighted by Gasteiger charge is -2.04. The Morgan fingerprint density at radius 3 is 3.00 bits per heavy atom. The van der Waals surface area contributed by atoms with Crippen molar-refractivity contribution in [3.63, 3.8) is 0 Å². The summed E-state index contributed by atoms with van der Waals surface area (Å²) in [5.41, 5.74) is 2.00. The quantitative estimate of drug-likeness (QED) is 0.743. The number of aliphatic imine (C=N–C) groups is 1. The van der Waals surface area contributed by atoms with Gasteiger partial charge in [-0.3, -0.25) is 4.99 Å². The van der Waals surface area contributed by atoms with E-state index in [9.17, 15) is 4.39 Å². The molecule has 0 unspecified atom stereocenters. The molecule has 1 aromatic carbocycles. The Bertz CT molecular complexity index is 423. The van der Waals surface area contributed by atoms with E-state index in [1.165, 1.54) is 12.1 Å². The van der Waals surface area contributed by atoms with E-state index >= 15 is 0 Å². The average molecular weight is 205 g/mol. The second kappa shape index (κ2) is 4.26. The molecule has 1 aliphatic rings. The van der Waals surface area contributed by atoms with Crippen molar-refractivity contribution in [2.45, 2.75) is 13.3 Å². The molecule has 2 rings (SSSR count). The molecule has 0 amide bonds. The van der Waals surface area contributed by atoms with Gasteiger partial charge >= 0.3 is 0 Å². The third kappa shape index (κ3) is 2.65. The first-order valence-corrected chi connectivity index (χ1v) is 4.85. The largest absolute Gasteiger partial charge is 0.487 e. The number of hydrogen-bond donors (Lipinski definition) is 0. The summed E-state index contributed by atoms with van der Waals surface area (Å²) in [6.07, 6.45) is 2.91. The molecule has 0 atom stereocenters. The number of hydrogen-bond acceptors (Lipinski definition) is 2. The van der Waals surface area contributed by atoms with Crippen LogP contribution in [-0.2, 0) is 0 Å². The molecule has 0 aliphatic carbocycles. The second-order valence-corrected chi connectivity index (χ2v) is 3.49. The smallest absolute Gasteiger partial charge is 0.130 e. The predicted octanol–water partition coefficient (Wildman–Crippen LogP) is 2.95. The maximum atomic E-state index is 12.8. The van der Waals surface area contributed by atoms with Crippen molar-refractivity contribution in [2.24, 2.45) is 4.99 Å². The minimum Gasteiger partial charge on any atom is -0.487 e. The number of rotatable bonds is 3. The van der Waals surface area contributed by atoms with Gasteiger partial charge in [-0.25, -0.2) is 4.39 Å². The van der Waals surface area contributed by atoms with Crippen molar-refractivity contribution in [1.29, 1.82) is 0 Å². The molecular formula is C12H12FNO. The summed E-state index contributed by atoms with van der Waals surface area (Å²) >= 11 is 0. The summed E-state index contributed by atoms with van der Waals surface area (Å²) in [5, 5.41) is 0. The van der Waals surface area contributed by atoms with Crippen molar-refractivity contribution >= 4 is 5.71 Å². The lowest BCUT2D eigenvalue weighted by atomic mass is 10.3. The zero-order valence-electron chi connectivity index (χ0n) is 8.53. The minimum absolute atomic E-state index is 0.285. The topological polar surface area (TPSA) is 21.6 Å². The number of ether oxygens (including phenoxy) is 1. The van der Waals surface area contributed by atoms with Gasteiger partial charge in [0, 0.05) is 18.2 Å². The van der Waals surface area contributed by atoms with Crippen LogP contribution in [0.2, 0.25) is 0 Å². The van der Waals surface area contributed by atoms with E-state index in [4.69, 9.17) is 4.74 Å². The molecule has 15 heavy (non-hydrogen) atoms. The van der Waals surface area contributed by atoms with Crippen molar-refractivity contribution in [3.8, 4) is 5.75 Å². The third-order valence-corrected chi connectivity index (χ3v) is 2.15. The summed E-state index contributed by atoms with van der Waals surface area (Å²) in [5.74, 6) is 0.253. The van der Waals surface area contributed by atoms with Crippen molar-refractivity contribution in [3.05, 3.63) is 41.9 Å². The number of allylic oxidation sites excluding steroid dienone is 1. The van der Waals surface area contributed by atoms with Gasteiger partial charge in [0.05, 0.1) is 5.70 Å². The highest BCUT2D eigenvalue weighted by molar-refractivity contribution is 5.86. The van der Waals surface area contributed by atoms with Crippen LogP contribution in [0, 0.1) is 5.82 Å². The summed E-state index contributed by atoms with van der Waals surface area (Å²) < 4.78 is 18.2. The van der Waals surface area contributed by atoms with Crippen molar-refractivity contribution < 1.29 is 9.13 Å². The molecular weight excluding hydrogens is 193 g/mol. The van der Waals surface area contributed by atoms with E-state index in [2.05, 4.69) is 4.99 Å². The molecule has 1 aliphatic heterocycles. The molecule has 0 aromatic heterocycles. The fourth-order valence-electron chi connectivity index (χ4n) is 1.41. The first-order valence-electron chi connectivity index (χ1n) is 4.85. The number of benzene rings is 1. The van der Waals surface area contributed by atoms with E-state index in [0.717, 1.165) is 17.8 Å². The zero-order valence-corrected chi connectivity index (χ0v) is 8.53. The summed E-state index contributed by atoms with van der Waals surface area (Å²) in [7, 11) is 0. The summed E-state index contributed by atoms with van der Waals surface area (Å²) in [6, 6.07) is 6.12. The van der Waals surface area contributed by atoms with Crippen LogP contribution in [0.1, 0.15) is 13.3 Å². The molecule has 0 saturated heterocycles. The van der Waals surface area contributed by atoms with Crippen LogP contribution in [0.5, 0.6) is 5.75 Å². The van der Waals surface area contributed by atoms with Gasteiger partial charge in [0.15, 0.2) is 0 Å². The first kappa shape index (κ1) is 9.90.